The molecule has 1 aliphatic heterocycles. The maximum Gasteiger partial charge on any atom is 0.417 e. The first-order chi connectivity index (χ1) is 13.7. The van der Waals surface area contributed by atoms with Gasteiger partial charge in [-0.2, -0.15) is 0 Å². The van der Waals surface area contributed by atoms with Crippen LogP contribution in [0.25, 0.3) is 11.3 Å². The molecule has 29 heavy (non-hydrogen) atoms. The van der Waals surface area contributed by atoms with E-state index >= 15 is 0 Å². The van der Waals surface area contributed by atoms with Crippen LogP contribution in [0.2, 0.25) is 0 Å². The SMILES string of the molecule is CC(C)(C)OC(=O)N1C(=O)c2c([nH]c3c2CCc2c[nH]c(=O)cc2-3)CC12CCC2. The molecular formula is C22H25N3O4. The lowest BCUT2D eigenvalue weighted by molar-refractivity contribution is -0.0214. The summed E-state index contributed by atoms with van der Waals surface area (Å²) in [4.78, 5) is 46.0. The molecule has 2 amide bonds. The van der Waals surface area contributed by atoms with Crippen LogP contribution in [0, 0.1) is 0 Å². The van der Waals surface area contributed by atoms with Crippen LogP contribution in [-0.4, -0.2) is 38.0 Å². The smallest absolute Gasteiger partial charge is 0.417 e. The van der Waals surface area contributed by atoms with Crippen LogP contribution in [0.3, 0.4) is 0 Å². The highest BCUT2D eigenvalue weighted by Gasteiger charge is 2.54. The number of imide groups is 1. The Labute approximate surface area is 168 Å². The van der Waals surface area contributed by atoms with Crippen LogP contribution in [0.5, 0.6) is 0 Å². The lowest BCUT2D eigenvalue weighted by atomic mass is 9.69. The van der Waals surface area contributed by atoms with Gasteiger partial charge in [-0.1, -0.05) is 0 Å². The zero-order chi connectivity index (χ0) is 20.6. The Kier molecular flexibility index (Phi) is 3.67. The van der Waals surface area contributed by atoms with Gasteiger partial charge >= 0.3 is 6.09 Å². The third-order valence-electron chi connectivity index (χ3n) is 6.36. The lowest BCUT2D eigenvalue weighted by Gasteiger charge is -2.51. The quantitative estimate of drug-likeness (QED) is 0.715. The van der Waals surface area contributed by atoms with Crippen molar-refractivity contribution in [3.63, 3.8) is 0 Å². The van der Waals surface area contributed by atoms with Crippen LogP contribution < -0.4 is 5.56 Å². The number of nitrogens with zero attached hydrogens (tertiary/aromatic N) is 1. The van der Waals surface area contributed by atoms with E-state index in [2.05, 4.69) is 9.97 Å². The number of fused-ring (bicyclic) bond motifs is 5. The predicted octanol–water partition coefficient (Wildman–Crippen LogP) is 3.32. The van der Waals surface area contributed by atoms with Crippen molar-refractivity contribution >= 4 is 12.0 Å². The first-order valence-corrected chi connectivity index (χ1v) is 10.2. The molecule has 0 aromatic carbocycles. The first-order valence-electron chi connectivity index (χ1n) is 10.2. The Morgan fingerprint density at radius 2 is 1.97 bits per heavy atom. The number of pyridine rings is 1. The van der Waals surface area contributed by atoms with Crippen molar-refractivity contribution in [1.29, 1.82) is 0 Å². The van der Waals surface area contributed by atoms with Gasteiger partial charge in [0.1, 0.15) is 5.60 Å². The van der Waals surface area contributed by atoms with Crippen LogP contribution in [0.1, 0.15) is 67.2 Å². The van der Waals surface area contributed by atoms with Crippen LogP contribution in [-0.2, 0) is 24.0 Å². The number of hydrogen-bond acceptors (Lipinski definition) is 4. The zero-order valence-electron chi connectivity index (χ0n) is 17.0. The minimum absolute atomic E-state index is 0.165. The van der Waals surface area contributed by atoms with Crippen molar-refractivity contribution in [2.45, 2.75) is 70.4 Å². The second-order valence-corrected chi connectivity index (χ2v) is 9.44. The summed E-state index contributed by atoms with van der Waals surface area (Å²) in [6, 6.07) is 1.59. The fourth-order valence-electron chi connectivity index (χ4n) is 4.97. The zero-order valence-corrected chi connectivity index (χ0v) is 17.0. The Hall–Kier alpha value is -2.83. The van der Waals surface area contributed by atoms with Crippen molar-refractivity contribution in [3.05, 3.63) is 45.0 Å². The number of aromatic amines is 2. The van der Waals surface area contributed by atoms with Crippen molar-refractivity contribution in [2.24, 2.45) is 0 Å². The number of hydrogen-bond donors (Lipinski definition) is 2. The molecule has 7 nitrogen and oxygen atoms in total. The Balaban J connectivity index is 1.63. The highest BCUT2D eigenvalue weighted by Crippen LogP contribution is 2.48. The fraction of sp³-hybridized carbons (Fsp3) is 0.500. The fourth-order valence-corrected chi connectivity index (χ4v) is 4.97. The van der Waals surface area contributed by atoms with Gasteiger partial charge in [0.25, 0.3) is 5.91 Å². The van der Waals surface area contributed by atoms with E-state index in [0.717, 1.165) is 53.8 Å². The Morgan fingerprint density at radius 1 is 1.21 bits per heavy atom. The van der Waals surface area contributed by atoms with E-state index in [-0.39, 0.29) is 11.5 Å². The summed E-state index contributed by atoms with van der Waals surface area (Å²) >= 11 is 0. The molecule has 7 heteroatoms. The van der Waals surface area contributed by atoms with E-state index in [4.69, 9.17) is 4.74 Å². The number of ether oxygens (including phenoxy) is 1. The van der Waals surface area contributed by atoms with E-state index in [1.807, 2.05) is 20.8 Å². The molecule has 2 aromatic rings. The minimum Gasteiger partial charge on any atom is -0.443 e. The van der Waals surface area contributed by atoms with Crippen molar-refractivity contribution in [2.75, 3.05) is 0 Å². The number of rotatable bonds is 0. The molecule has 1 spiro atoms. The standard InChI is InChI=1S/C22H25N3O4/c1-21(2,3)29-20(28)25-19(27)17-13-6-5-12-11-23-16(26)9-14(12)18(13)24-15(17)10-22(25)7-4-8-22/h9,11,24H,4-8,10H2,1-3H3,(H,23,26). The summed E-state index contributed by atoms with van der Waals surface area (Å²) < 4.78 is 5.60. The molecule has 3 aliphatic rings. The highest BCUT2D eigenvalue weighted by molar-refractivity contribution is 6.08. The molecule has 0 radical (unpaired) electrons. The van der Waals surface area contributed by atoms with Crippen molar-refractivity contribution in [3.8, 4) is 11.3 Å². The molecule has 2 aliphatic carbocycles. The number of amides is 2. The van der Waals surface area contributed by atoms with Crippen LogP contribution >= 0.6 is 0 Å². The summed E-state index contributed by atoms with van der Waals surface area (Å²) in [5.74, 6) is -0.272. The van der Waals surface area contributed by atoms with Gasteiger partial charge < -0.3 is 14.7 Å². The largest absolute Gasteiger partial charge is 0.443 e. The molecule has 2 aromatic heterocycles. The topological polar surface area (TPSA) is 95.3 Å². The highest BCUT2D eigenvalue weighted by atomic mass is 16.6. The number of carbonyl (C=O) groups excluding carboxylic acids is 2. The van der Waals surface area contributed by atoms with Crippen LogP contribution in [0.15, 0.2) is 17.1 Å². The monoisotopic (exact) mass is 395 g/mol. The average molecular weight is 395 g/mol. The maximum absolute atomic E-state index is 13.6. The molecule has 1 saturated carbocycles. The molecule has 3 heterocycles. The summed E-state index contributed by atoms with van der Waals surface area (Å²) in [5.41, 5.74) is 3.80. The summed E-state index contributed by atoms with van der Waals surface area (Å²) in [6.07, 6.45) is 5.81. The van der Waals surface area contributed by atoms with Gasteiger partial charge in [-0.3, -0.25) is 9.59 Å². The van der Waals surface area contributed by atoms with Gasteiger partial charge in [0, 0.05) is 29.9 Å². The van der Waals surface area contributed by atoms with Gasteiger partial charge in [-0.05, 0) is 64.0 Å². The third-order valence-corrected chi connectivity index (χ3v) is 6.36. The number of aromatic nitrogens is 2. The number of aryl methyl sites for hydroxylation is 1. The van der Waals surface area contributed by atoms with E-state index < -0.39 is 17.2 Å². The molecule has 0 atom stereocenters. The molecule has 2 N–H and O–H groups in total. The lowest BCUT2D eigenvalue weighted by Crippen LogP contribution is -2.63. The summed E-state index contributed by atoms with van der Waals surface area (Å²) in [7, 11) is 0. The number of nitrogens with one attached hydrogen (secondary N) is 2. The van der Waals surface area contributed by atoms with Crippen LogP contribution in [0.4, 0.5) is 4.79 Å². The molecule has 5 rings (SSSR count). The molecule has 0 bridgehead atoms. The minimum atomic E-state index is -0.667. The molecule has 1 fully saturated rings. The molecule has 0 saturated heterocycles. The maximum atomic E-state index is 13.6. The Bertz CT molecular complexity index is 1100. The van der Waals surface area contributed by atoms with E-state index in [0.29, 0.717) is 18.4 Å². The average Bonchev–Trinajstić information content (AvgIpc) is 2.97. The number of H-pyrrole nitrogens is 2. The first kappa shape index (κ1) is 18.2. The van der Waals surface area contributed by atoms with Gasteiger partial charge in [0.15, 0.2) is 0 Å². The summed E-state index contributed by atoms with van der Waals surface area (Å²) in [5, 5.41) is 0. The third kappa shape index (κ3) is 2.67. The molecular weight excluding hydrogens is 370 g/mol. The van der Waals surface area contributed by atoms with Gasteiger partial charge in [-0.15, -0.1) is 0 Å². The van der Waals surface area contributed by atoms with Crippen molar-refractivity contribution < 1.29 is 14.3 Å². The normalized spacial score (nSPS) is 19.3. The second kappa shape index (κ2) is 5.84. The molecule has 152 valence electrons. The number of carbonyl (C=O) groups is 2. The van der Waals surface area contributed by atoms with E-state index in [1.54, 1.807) is 12.3 Å². The summed E-state index contributed by atoms with van der Waals surface area (Å²) in [6.45, 7) is 5.43. The van der Waals surface area contributed by atoms with Gasteiger partial charge in [0.05, 0.1) is 16.8 Å². The second-order valence-electron chi connectivity index (χ2n) is 9.44. The van der Waals surface area contributed by atoms with Gasteiger partial charge in [0.2, 0.25) is 5.56 Å². The van der Waals surface area contributed by atoms with Gasteiger partial charge in [-0.25, -0.2) is 9.69 Å². The van der Waals surface area contributed by atoms with E-state index in [1.165, 1.54) is 4.90 Å². The van der Waals surface area contributed by atoms with E-state index in [9.17, 15) is 14.4 Å². The van der Waals surface area contributed by atoms with Crippen molar-refractivity contribution in [1.82, 2.24) is 14.9 Å². The Morgan fingerprint density at radius 3 is 2.62 bits per heavy atom. The predicted molar refractivity (Wildman–Crippen MR) is 107 cm³/mol. The molecule has 0 unspecified atom stereocenters.